The summed E-state index contributed by atoms with van der Waals surface area (Å²) in [5.41, 5.74) is 1.15. The van der Waals surface area contributed by atoms with Gasteiger partial charge >= 0.3 is 0 Å². The van der Waals surface area contributed by atoms with Gasteiger partial charge in [-0.25, -0.2) is 0 Å². The molecule has 4 nitrogen and oxygen atoms in total. The number of piperazine rings is 1. The zero-order valence-corrected chi connectivity index (χ0v) is 14.5. The molecular weight excluding hydrogens is 320 g/mol. The molecule has 0 saturated carbocycles. The number of nitrogens with zero attached hydrogens (tertiary/aromatic N) is 2. The summed E-state index contributed by atoms with van der Waals surface area (Å²) in [4.78, 5) is 18.7. The lowest BCUT2D eigenvalue weighted by Crippen LogP contribution is -2.51. The third-order valence-electron chi connectivity index (χ3n) is 4.87. The van der Waals surface area contributed by atoms with E-state index in [1.807, 2.05) is 23.1 Å². The number of carbonyl (C=O) groups excluding carboxylic acids is 1. The highest BCUT2D eigenvalue weighted by molar-refractivity contribution is 7.09. The maximum atomic E-state index is 12.8. The molecule has 2 aromatic rings. The molecule has 24 heavy (non-hydrogen) atoms. The fourth-order valence-electron chi connectivity index (χ4n) is 3.49. The minimum absolute atomic E-state index is 0.0382. The lowest BCUT2D eigenvalue weighted by atomic mass is 9.95. The third-order valence-corrected chi connectivity index (χ3v) is 5.73. The molecule has 1 fully saturated rings. The predicted octanol–water partition coefficient (Wildman–Crippen LogP) is 2.64. The van der Waals surface area contributed by atoms with Crippen LogP contribution in [-0.2, 0) is 17.8 Å². The van der Waals surface area contributed by atoms with Crippen LogP contribution in [0.4, 0.5) is 0 Å². The second kappa shape index (κ2) is 6.95. The quantitative estimate of drug-likeness (QED) is 0.860. The average molecular weight is 342 g/mol. The first-order valence-corrected chi connectivity index (χ1v) is 9.42. The number of ether oxygens (including phenoxy) is 1. The summed E-state index contributed by atoms with van der Waals surface area (Å²) in [5.74, 6) is 1.14. The highest BCUT2D eigenvalue weighted by Gasteiger charge is 2.31. The Morgan fingerprint density at radius 2 is 1.96 bits per heavy atom. The van der Waals surface area contributed by atoms with Gasteiger partial charge in [-0.15, -0.1) is 11.3 Å². The van der Waals surface area contributed by atoms with Gasteiger partial charge in [-0.05, 0) is 29.5 Å². The Kier molecular flexibility index (Phi) is 4.54. The van der Waals surface area contributed by atoms with E-state index in [0.29, 0.717) is 6.61 Å². The minimum Gasteiger partial charge on any atom is -0.492 e. The second-order valence-electron chi connectivity index (χ2n) is 6.50. The summed E-state index contributed by atoms with van der Waals surface area (Å²) in [7, 11) is 0. The molecular formula is C19H22N2O2S. The van der Waals surface area contributed by atoms with Gasteiger partial charge in [-0.3, -0.25) is 9.69 Å². The van der Waals surface area contributed by atoms with E-state index in [1.54, 1.807) is 11.3 Å². The van der Waals surface area contributed by atoms with Crippen LogP contribution in [0.5, 0.6) is 5.75 Å². The van der Waals surface area contributed by atoms with Crippen molar-refractivity contribution < 1.29 is 9.53 Å². The summed E-state index contributed by atoms with van der Waals surface area (Å²) in [6.07, 6.45) is 0.796. The van der Waals surface area contributed by atoms with Crippen molar-refractivity contribution in [3.05, 3.63) is 52.2 Å². The smallest absolute Gasteiger partial charge is 0.229 e. The summed E-state index contributed by atoms with van der Waals surface area (Å²) in [5, 5.41) is 2.12. The number of amides is 1. The molecule has 2 aliphatic rings. The standard InChI is InChI=1S/C19H22N2O2S/c22-19(16-12-15-4-1-2-6-18(15)23-14-16)21-9-7-20(8-10-21)13-17-5-3-11-24-17/h1-6,11,16H,7-10,12-14H2/t16-/m1/s1. The zero-order chi connectivity index (χ0) is 16.4. The van der Waals surface area contributed by atoms with Crippen LogP contribution >= 0.6 is 11.3 Å². The fourth-order valence-corrected chi connectivity index (χ4v) is 4.24. The molecule has 1 saturated heterocycles. The maximum absolute atomic E-state index is 12.8. The molecule has 4 rings (SSSR count). The van der Waals surface area contributed by atoms with Crippen molar-refractivity contribution in [3.63, 3.8) is 0 Å². The Labute approximate surface area is 146 Å². The van der Waals surface area contributed by atoms with E-state index in [-0.39, 0.29) is 11.8 Å². The van der Waals surface area contributed by atoms with Gasteiger partial charge in [0, 0.05) is 37.6 Å². The van der Waals surface area contributed by atoms with E-state index < -0.39 is 0 Å². The number of carbonyl (C=O) groups is 1. The van der Waals surface area contributed by atoms with Gasteiger partial charge in [0.15, 0.2) is 0 Å². The Hall–Kier alpha value is -1.85. The number of thiophene rings is 1. The molecule has 0 spiro atoms. The first-order chi connectivity index (χ1) is 11.8. The highest BCUT2D eigenvalue weighted by Crippen LogP contribution is 2.28. The van der Waals surface area contributed by atoms with Gasteiger partial charge in [-0.2, -0.15) is 0 Å². The van der Waals surface area contributed by atoms with Crippen molar-refractivity contribution in [2.45, 2.75) is 13.0 Å². The number of rotatable bonds is 3. The molecule has 0 radical (unpaired) electrons. The van der Waals surface area contributed by atoms with Crippen LogP contribution in [0.1, 0.15) is 10.4 Å². The normalized spacial score (nSPS) is 21.2. The topological polar surface area (TPSA) is 32.8 Å². The molecule has 0 bridgehead atoms. The number of fused-ring (bicyclic) bond motifs is 1. The summed E-state index contributed by atoms with van der Waals surface area (Å²) >= 11 is 1.80. The summed E-state index contributed by atoms with van der Waals surface area (Å²) < 4.78 is 5.78. The molecule has 0 aliphatic carbocycles. The fraction of sp³-hybridized carbons (Fsp3) is 0.421. The van der Waals surface area contributed by atoms with Crippen LogP contribution in [0.2, 0.25) is 0 Å². The third kappa shape index (κ3) is 3.32. The maximum Gasteiger partial charge on any atom is 0.229 e. The van der Waals surface area contributed by atoms with Gasteiger partial charge in [0.25, 0.3) is 0 Å². The monoisotopic (exact) mass is 342 g/mol. The summed E-state index contributed by atoms with van der Waals surface area (Å²) in [6.45, 7) is 5.05. The number of hydrogen-bond donors (Lipinski definition) is 0. The van der Waals surface area contributed by atoms with Crippen LogP contribution in [0.3, 0.4) is 0 Å². The van der Waals surface area contributed by atoms with Gasteiger partial charge < -0.3 is 9.64 Å². The second-order valence-corrected chi connectivity index (χ2v) is 7.53. The van der Waals surface area contributed by atoms with E-state index in [2.05, 4.69) is 28.5 Å². The average Bonchev–Trinajstić information content (AvgIpc) is 3.14. The van der Waals surface area contributed by atoms with Crippen molar-refractivity contribution in [2.75, 3.05) is 32.8 Å². The van der Waals surface area contributed by atoms with Crippen molar-refractivity contribution in [1.82, 2.24) is 9.80 Å². The molecule has 1 aromatic carbocycles. The summed E-state index contributed by atoms with van der Waals surface area (Å²) in [6, 6.07) is 12.3. The Morgan fingerprint density at radius 3 is 2.75 bits per heavy atom. The SMILES string of the molecule is O=C([C@H]1COc2ccccc2C1)N1CCN(Cc2cccs2)CC1. The Bertz CT molecular complexity index is 693. The lowest BCUT2D eigenvalue weighted by Gasteiger charge is -2.37. The van der Waals surface area contributed by atoms with E-state index in [1.165, 1.54) is 4.88 Å². The zero-order valence-electron chi connectivity index (χ0n) is 13.7. The van der Waals surface area contributed by atoms with Crippen molar-refractivity contribution in [1.29, 1.82) is 0 Å². The minimum atomic E-state index is -0.0382. The number of benzene rings is 1. The van der Waals surface area contributed by atoms with Gasteiger partial charge in [0.1, 0.15) is 12.4 Å². The van der Waals surface area contributed by atoms with Crippen molar-refractivity contribution >= 4 is 17.2 Å². The molecule has 2 aliphatic heterocycles. The Balaban J connectivity index is 1.32. The Morgan fingerprint density at radius 1 is 1.12 bits per heavy atom. The lowest BCUT2D eigenvalue weighted by molar-refractivity contribution is -0.138. The number of para-hydroxylation sites is 1. The van der Waals surface area contributed by atoms with E-state index in [0.717, 1.165) is 50.5 Å². The molecule has 1 aromatic heterocycles. The molecule has 0 unspecified atom stereocenters. The predicted molar refractivity (Wildman–Crippen MR) is 95.3 cm³/mol. The van der Waals surface area contributed by atoms with Crippen LogP contribution in [0.15, 0.2) is 41.8 Å². The first-order valence-electron chi connectivity index (χ1n) is 8.54. The first kappa shape index (κ1) is 15.7. The van der Waals surface area contributed by atoms with Crippen LogP contribution in [0.25, 0.3) is 0 Å². The number of hydrogen-bond acceptors (Lipinski definition) is 4. The molecule has 126 valence electrons. The molecule has 1 atom stereocenters. The molecule has 3 heterocycles. The molecule has 5 heteroatoms. The van der Waals surface area contributed by atoms with E-state index in [9.17, 15) is 4.79 Å². The van der Waals surface area contributed by atoms with Gasteiger partial charge in [0.05, 0.1) is 5.92 Å². The van der Waals surface area contributed by atoms with Crippen molar-refractivity contribution in [3.8, 4) is 5.75 Å². The van der Waals surface area contributed by atoms with Crippen LogP contribution < -0.4 is 4.74 Å². The van der Waals surface area contributed by atoms with E-state index in [4.69, 9.17) is 4.74 Å². The van der Waals surface area contributed by atoms with Crippen LogP contribution in [-0.4, -0.2) is 48.5 Å². The molecule has 1 amide bonds. The largest absolute Gasteiger partial charge is 0.492 e. The highest BCUT2D eigenvalue weighted by atomic mass is 32.1. The van der Waals surface area contributed by atoms with Gasteiger partial charge in [-0.1, -0.05) is 24.3 Å². The van der Waals surface area contributed by atoms with Crippen molar-refractivity contribution in [2.24, 2.45) is 5.92 Å². The van der Waals surface area contributed by atoms with Crippen LogP contribution in [0, 0.1) is 5.92 Å². The molecule has 0 N–H and O–H groups in total. The van der Waals surface area contributed by atoms with Gasteiger partial charge in [0.2, 0.25) is 5.91 Å². The van der Waals surface area contributed by atoms with E-state index >= 15 is 0 Å².